The second-order valence-electron chi connectivity index (χ2n) is 4.98. The van der Waals surface area contributed by atoms with Crippen molar-refractivity contribution in [2.75, 3.05) is 24.2 Å². The molecule has 0 aliphatic rings. The van der Waals surface area contributed by atoms with Gasteiger partial charge in [0.15, 0.2) is 0 Å². The lowest BCUT2D eigenvalue weighted by molar-refractivity contribution is 0.234. The zero-order chi connectivity index (χ0) is 14.5. The third-order valence-electron chi connectivity index (χ3n) is 2.89. The van der Waals surface area contributed by atoms with E-state index < -0.39 is 0 Å². The van der Waals surface area contributed by atoms with Crippen LogP contribution in [0.15, 0.2) is 29.6 Å². The zero-order valence-corrected chi connectivity index (χ0v) is 13.0. The highest BCUT2D eigenvalue weighted by molar-refractivity contribution is 7.09. The van der Waals surface area contributed by atoms with Crippen molar-refractivity contribution in [2.24, 2.45) is 0 Å². The average Bonchev–Trinajstić information content (AvgIpc) is 2.91. The van der Waals surface area contributed by atoms with Crippen LogP contribution in [0.1, 0.15) is 18.7 Å². The van der Waals surface area contributed by atoms with Gasteiger partial charge < -0.3 is 15.4 Å². The first kappa shape index (κ1) is 14.7. The first-order valence-corrected chi connectivity index (χ1v) is 7.61. The van der Waals surface area contributed by atoms with E-state index in [1.54, 1.807) is 11.3 Å². The fourth-order valence-corrected chi connectivity index (χ4v) is 2.52. The minimum absolute atomic E-state index is 0.0662. The Morgan fingerprint density at radius 2 is 2.15 bits per heavy atom. The third kappa shape index (κ3) is 3.87. The van der Waals surface area contributed by atoms with Crippen LogP contribution in [0.4, 0.5) is 11.5 Å². The van der Waals surface area contributed by atoms with E-state index in [-0.39, 0.29) is 6.10 Å². The van der Waals surface area contributed by atoms with Crippen LogP contribution in [-0.2, 0) is 6.42 Å². The Morgan fingerprint density at radius 1 is 1.35 bits per heavy atom. The molecule has 20 heavy (non-hydrogen) atoms. The summed E-state index contributed by atoms with van der Waals surface area (Å²) in [5.41, 5.74) is 6.46. The molecule has 4 nitrogen and oxygen atoms in total. The van der Waals surface area contributed by atoms with E-state index in [0.29, 0.717) is 11.6 Å². The Labute approximate surface area is 124 Å². The second kappa shape index (κ2) is 6.61. The molecule has 2 rings (SSSR count). The van der Waals surface area contributed by atoms with Crippen LogP contribution in [-0.4, -0.2) is 24.7 Å². The maximum Gasteiger partial charge on any atom is 0.239 e. The molecule has 0 radical (unpaired) electrons. The molecule has 2 aromatic rings. The summed E-state index contributed by atoms with van der Waals surface area (Å²) in [4.78, 5) is 7.99. The Bertz CT molecular complexity index is 540. The highest BCUT2D eigenvalue weighted by Gasteiger charge is 2.09. The molecule has 108 valence electrons. The molecule has 0 aliphatic heterocycles. The molecule has 0 amide bonds. The summed E-state index contributed by atoms with van der Waals surface area (Å²) in [6.45, 7) is 4.85. The number of nitrogen functional groups attached to an aromatic ring is 1. The fourth-order valence-electron chi connectivity index (χ4n) is 1.82. The van der Waals surface area contributed by atoms with Gasteiger partial charge in [-0.15, -0.1) is 11.3 Å². The van der Waals surface area contributed by atoms with Gasteiger partial charge in [0, 0.05) is 18.5 Å². The molecule has 0 aromatic carbocycles. The minimum atomic E-state index is 0.0662. The van der Waals surface area contributed by atoms with Crippen molar-refractivity contribution in [3.63, 3.8) is 0 Å². The van der Waals surface area contributed by atoms with E-state index in [0.717, 1.165) is 18.8 Å². The Kier molecular flexibility index (Phi) is 4.84. The van der Waals surface area contributed by atoms with Crippen LogP contribution in [0.5, 0.6) is 5.88 Å². The SMILES string of the molecule is CC(C)Oc1nc(N(C)CCc2cccs2)ccc1N. The molecule has 2 aromatic heterocycles. The highest BCUT2D eigenvalue weighted by atomic mass is 32.1. The van der Waals surface area contributed by atoms with Gasteiger partial charge in [0.2, 0.25) is 5.88 Å². The van der Waals surface area contributed by atoms with Crippen LogP contribution in [0.25, 0.3) is 0 Å². The molecule has 0 saturated carbocycles. The molecule has 0 saturated heterocycles. The largest absolute Gasteiger partial charge is 0.473 e. The van der Waals surface area contributed by atoms with E-state index >= 15 is 0 Å². The second-order valence-corrected chi connectivity index (χ2v) is 6.01. The molecule has 0 atom stereocenters. The highest BCUT2D eigenvalue weighted by Crippen LogP contribution is 2.23. The van der Waals surface area contributed by atoms with Crippen molar-refractivity contribution >= 4 is 22.8 Å². The Hall–Kier alpha value is -1.75. The first-order chi connectivity index (χ1) is 9.56. The summed E-state index contributed by atoms with van der Waals surface area (Å²) in [5.74, 6) is 1.40. The maximum absolute atomic E-state index is 5.88. The lowest BCUT2D eigenvalue weighted by Gasteiger charge is -2.19. The van der Waals surface area contributed by atoms with E-state index in [1.165, 1.54) is 4.88 Å². The van der Waals surface area contributed by atoms with Crippen molar-refractivity contribution in [3.05, 3.63) is 34.5 Å². The van der Waals surface area contributed by atoms with Gasteiger partial charge in [0.1, 0.15) is 5.82 Å². The summed E-state index contributed by atoms with van der Waals surface area (Å²) in [5, 5.41) is 2.10. The van der Waals surface area contributed by atoms with Gasteiger partial charge in [-0.1, -0.05) is 6.07 Å². The fraction of sp³-hybridized carbons (Fsp3) is 0.400. The summed E-state index contributed by atoms with van der Waals surface area (Å²) in [6, 6.07) is 8.01. The van der Waals surface area contributed by atoms with Crippen LogP contribution in [0.2, 0.25) is 0 Å². The van der Waals surface area contributed by atoms with Gasteiger partial charge in [-0.2, -0.15) is 4.98 Å². The lowest BCUT2D eigenvalue weighted by atomic mass is 10.3. The van der Waals surface area contributed by atoms with Gasteiger partial charge in [-0.3, -0.25) is 0 Å². The molecule has 0 spiro atoms. The predicted molar refractivity (Wildman–Crippen MR) is 85.7 cm³/mol. The molecule has 0 bridgehead atoms. The molecule has 5 heteroatoms. The number of thiophene rings is 1. The standard InChI is InChI=1S/C15H21N3OS/c1-11(2)19-15-13(16)6-7-14(17-15)18(3)9-8-12-5-4-10-20-12/h4-7,10-11H,8-9,16H2,1-3H3. The van der Waals surface area contributed by atoms with Crippen molar-refractivity contribution in [1.82, 2.24) is 4.98 Å². The van der Waals surface area contributed by atoms with Gasteiger partial charge in [0.25, 0.3) is 0 Å². The molecule has 2 heterocycles. The predicted octanol–water partition coefficient (Wildman–Crippen LogP) is 3.19. The van der Waals surface area contributed by atoms with Crippen molar-refractivity contribution in [1.29, 1.82) is 0 Å². The average molecular weight is 291 g/mol. The van der Waals surface area contributed by atoms with Crippen LogP contribution in [0, 0.1) is 0 Å². The van der Waals surface area contributed by atoms with Crippen molar-refractivity contribution < 1.29 is 4.74 Å². The first-order valence-electron chi connectivity index (χ1n) is 6.73. The van der Waals surface area contributed by atoms with Crippen LogP contribution >= 0.6 is 11.3 Å². The maximum atomic E-state index is 5.88. The minimum Gasteiger partial charge on any atom is -0.473 e. The monoisotopic (exact) mass is 291 g/mol. The van der Waals surface area contributed by atoms with E-state index in [4.69, 9.17) is 10.5 Å². The Morgan fingerprint density at radius 3 is 2.80 bits per heavy atom. The molecule has 0 unspecified atom stereocenters. The van der Waals surface area contributed by atoms with E-state index in [9.17, 15) is 0 Å². The quantitative estimate of drug-likeness (QED) is 0.888. The molecular weight excluding hydrogens is 270 g/mol. The number of rotatable bonds is 6. The summed E-state index contributed by atoms with van der Waals surface area (Å²) in [7, 11) is 2.03. The normalized spacial score (nSPS) is 10.8. The van der Waals surface area contributed by atoms with Gasteiger partial charge in [0.05, 0.1) is 11.8 Å². The summed E-state index contributed by atoms with van der Waals surface area (Å²) >= 11 is 1.78. The van der Waals surface area contributed by atoms with E-state index in [2.05, 4.69) is 27.4 Å². The Balaban J connectivity index is 2.03. The van der Waals surface area contributed by atoms with Gasteiger partial charge in [-0.05, 0) is 43.8 Å². The summed E-state index contributed by atoms with van der Waals surface area (Å²) < 4.78 is 5.63. The van der Waals surface area contributed by atoms with Crippen LogP contribution < -0.4 is 15.4 Å². The van der Waals surface area contributed by atoms with Gasteiger partial charge >= 0.3 is 0 Å². The lowest BCUT2D eigenvalue weighted by Crippen LogP contribution is -2.21. The zero-order valence-electron chi connectivity index (χ0n) is 12.2. The number of hydrogen-bond acceptors (Lipinski definition) is 5. The molecule has 2 N–H and O–H groups in total. The number of hydrogen-bond donors (Lipinski definition) is 1. The number of pyridine rings is 1. The van der Waals surface area contributed by atoms with Gasteiger partial charge in [-0.25, -0.2) is 0 Å². The number of ether oxygens (including phenoxy) is 1. The number of anilines is 2. The number of nitrogens with two attached hydrogens (primary N) is 1. The number of likely N-dealkylation sites (N-methyl/N-ethyl adjacent to an activating group) is 1. The van der Waals surface area contributed by atoms with E-state index in [1.807, 2.05) is 33.0 Å². The topological polar surface area (TPSA) is 51.4 Å². The van der Waals surface area contributed by atoms with Crippen LogP contribution in [0.3, 0.4) is 0 Å². The van der Waals surface area contributed by atoms with Crippen molar-refractivity contribution in [2.45, 2.75) is 26.4 Å². The third-order valence-corrected chi connectivity index (χ3v) is 3.82. The smallest absolute Gasteiger partial charge is 0.239 e. The molecule has 0 fully saturated rings. The molecular formula is C15H21N3OS. The summed E-state index contributed by atoms with van der Waals surface area (Å²) in [6.07, 6.45) is 1.08. The van der Waals surface area contributed by atoms with Crippen molar-refractivity contribution in [3.8, 4) is 5.88 Å². The number of aromatic nitrogens is 1. The molecule has 0 aliphatic carbocycles. The number of nitrogens with zero attached hydrogens (tertiary/aromatic N) is 2.